The number of fused-ring (bicyclic) bond motifs is 1. The SMILES string of the molecule is Brc1cnn2cc(OCc3ccccc3)ccc12. The summed E-state index contributed by atoms with van der Waals surface area (Å²) in [5.41, 5.74) is 2.18. The lowest BCUT2D eigenvalue weighted by Crippen LogP contribution is -1.96. The van der Waals surface area contributed by atoms with Crippen molar-refractivity contribution in [2.24, 2.45) is 0 Å². The Hall–Kier alpha value is -1.81. The molecule has 90 valence electrons. The summed E-state index contributed by atoms with van der Waals surface area (Å²) in [6.07, 6.45) is 3.65. The van der Waals surface area contributed by atoms with Crippen LogP contribution in [0.1, 0.15) is 5.56 Å². The van der Waals surface area contributed by atoms with Crippen LogP contribution in [-0.4, -0.2) is 9.61 Å². The summed E-state index contributed by atoms with van der Waals surface area (Å²) >= 11 is 3.44. The van der Waals surface area contributed by atoms with E-state index in [1.807, 2.05) is 48.7 Å². The van der Waals surface area contributed by atoms with Gasteiger partial charge in [0.25, 0.3) is 0 Å². The van der Waals surface area contributed by atoms with Gasteiger partial charge in [-0.05, 0) is 33.6 Å². The van der Waals surface area contributed by atoms with E-state index in [1.165, 1.54) is 0 Å². The van der Waals surface area contributed by atoms with Crippen molar-refractivity contribution in [3.05, 3.63) is 64.9 Å². The van der Waals surface area contributed by atoms with Gasteiger partial charge in [0, 0.05) is 0 Å². The number of hydrogen-bond acceptors (Lipinski definition) is 2. The second-order valence-corrected chi connectivity index (χ2v) is 4.82. The number of halogens is 1. The van der Waals surface area contributed by atoms with Crippen molar-refractivity contribution in [3.63, 3.8) is 0 Å². The van der Waals surface area contributed by atoms with Crippen molar-refractivity contribution in [1.82, 2.24) is 9.61 Å². The molecule has 0 aliphatic rings. The first-order valence-electron chi connectivity index (χ1n) is 5.62. The lowest BCUT2D eigenvalue weighted by Gasteiger charge is -2.06. The van der Waals surface area contributed by atoms with Crippen molar-refractivity contribution in [2.45, 2.75) is 6.61 Å². The van der Waals surface area contributed by atoms with Gasteiger partial charge in [-0.15, -0.1) is 0 Å². The first kappa shape index (κ1) is 11.3. The highest BCUT2D eigenvalue weighted by atomic mass is 79.9. The molecule has 0 fully saturated rings. The van der Waals surface area contributed by atoms with Crippen LogP contribution in [0.5, 0.6) is 5.75 Å². The van der Waals surface area contributed by atoms with Crippen molar-refractivity contribution >= 4 is 21.4 Å². The lowest BCUT2D eigenvalue weighted by atomic mass is 10.2. The molecule has 2 aromatic heterocycles. The Morgan fingerprint density at radius 3 is 2.78 bits per heavy atom. The van der Waals surface area contributed by atoms with Crippen molar-refractivity contribution in [3.8, 4) is 5.75 Å². The molecule has 0 saturated carbocycles. The van der Waals surface area contributed by atoms with E-state index in [4.69, 9.17) is 4.74 Å². The highest BCUT2D eigenvalue weighted by Crippen LogP contribution is 2.20. The molecule has 0 amide bonds. The van der Waals surface area contributed by atoms with Crippen LogP contribution in [-0.2, 0) is 6.61 Å². The second kappa shape index (κ2) is 4.82. The minimum atomic E-state index is 0.564. The first-order valence-corrected chi connectivity index (χ1v) is 6.42. The number of rotatable bonds is 3. The van der Waals surface area contributed by atoms with E-state index in [0.29, 0.717) is 6.61 Å². The summed E-state index contributed by atoms with van der Waals surface area (Å²) in [5.74, 6) is 0.807. The van der Waals surface area contributed by atoms with Gasteiger partial charge in [-0.25, -0.2) is 4.52 Å². The zero-order chi connectivity index (χ0) is 12.4. The second-order valence-electron chi connectivity index (χ2n) is 3.96. The molecule has 0 atom stereocenters. The summed E-state index contributed by atoms with van der Waals surface area (Å²) in [4.78, 5) is 0. The van der Waals surface area contributed by atoms with E-state index >= 15 is 0 Å². The van der Waals surface area contributed by atoms with E-state index < -0.39 is 0 Å². The van der Waals surface area contributed by atoms with Crippen LogP contribution in [0.2, 0.25) is 0 Å². The van der Waals surface area contributed by atoms with Crippen LogP contribution >= 0.6 is 15.9 Å². The molecule has 1 aromatic carbocycles. The fourth-order valence-electron chi connectivity index (χ4n) is 1.76. The van der Waals surface area contributed by atoms with Crippen molar-refractivity contribution < 1.29 is 4.74 Å². The van der Waals surface area contributed by atoms with Gasteiger partial charge in [0.2, 0.25) is 0 Å². The Labute approximate surface area is 113 Å². The van der Waals surface area contributed by atoms with Gasteiger partial charge >= 0.3 is 0 Å². The number of pyridine rings is 1. The zero-order valence-electron chi connectivity index (χ0n) is 9.58. The van der Waals surface area contributed by atoms with E-state index in [-0.39, 0.29) is 0 Å². The molecular formula is C14H11BrN2O. The number of aromatic nitrogens is 2. The predicted molar refractivity (Wildman–Crippen MR) is 73.7 cm³/mol. The van der Waals surface area contributed by atoms with E-state index in [9.17, 15) is 0 Å². The van der Waals surface area contributed by atoms with Crippen LogP contribution in [0.25, 0.3) is 5.52 Å². The van der Waals surface area contributed by atoms with Crippen LogP contribution in [0.3, 0.4) is 0 Å². The topological polar surface area (TPSA) is 26.5 Å². The summed E-state index contributed by atoms with van der Waals surface area (Å²) < 4.78 is 8.51. The molecule has 0 unspecified atom stereocenters. The van der Waals surface area contributed by atoms with Gasteiger partial charge in [-0.2, -0.15) is 5.10 Å². The van der Waals surface area contributed by atoms with Crippen LogP contribution < -0.4 is 4.74 Å². The molecule has 4 heteroatoms. The third-order valence-electron chi connectivity index (χ3n) is 2.69. The van der Waals surface area contributed by atoms with Gasteiger partial charge < -0.3 is 4.74 Å². The molecule has 18 heavy (non-hydrogen) atoms. The molecule has 0 radical (unpaired) electrons. The molecule has 0 N–H and O–H groups in total. The minimum Gasteiger partial charge on any atom is -0.487 e. The number of nitrogens with zero attached hydrogens (tertiary/aromatic N) is 2. The van der Waals surface area contributed by atoms with Crippen molar-refractivity contribution in [1.29, 1.82) is 0 Å². The monoisotopic (exact) mass is 302 g/mol. The molecular weight excluding hydrogens is 292 g/mol. The molecule has 3 nitrogen and oxygen atoms in total. The van der Waals surface area contributed by atoms with Crippen LogP contribution in [0.4, 0.5) is 0 Å². The maximum atomic E-state index is 5.73. The van der Waals surface area contributed by atoms with Crippen molar-refractivity contribution in [2.75, 3.05) is 0 Å². The predicted octanol–water partition coefficient (Wildman–Crippen LogP) is 3.68. The number of hydrogen-bond donors (Lipinski definition) is 0. The summed E-state index contributed by atoms with van der Waals surface area (Å²) in [5, 5.41) is 4.22. The van der Waals surface area contributed by atoms with E-state index in [2.05, 4.69) is 21.0 Å². The Morgan fingerprint density at radius 2 is 1.94 bits per heavy atom. The van der Waals surface area contributed by atoms with Crippen LogP contribution in [0.15, 0.2) is 59.3 Å². The third kappa shape index (κ3) is 2.24. The molecule has 0 aliphatic carbocycles. The standard InChI is InChI=1S/C14H11BrN2O/c15-13-8-16-17-9-12(6-7-14(13)17)18-10-11-4-2-1-3-5-11/h1-9H,10H2. The maximum Gasteiger partial charge on any atom is 0.138 e. The number of benzene rings is 1. The highest BCUT2D eigenvalue weighted by molar-refractivity contribution is 9.10. The van der Waals surface area contributed by atoms with Crippen LogP contribution in [0, 0.1) is 0 Å². The lowest BCUT2D eigenvalue weighted by molar-refractivity contribution is 0.304. The fourth-order valence-corrected chi connectivity index (χ4v) is 2.17. The molecule has 3 rings (SSSR count). The Balaban J connectivity index is 1.79. The quantitative estimate of drug-likeness (QED) is 0.738. The average Bonchev–Trinajstić information content (AvgIpc) is 2.79. The highest BCUT2D eigenvalue weighted by Gasteiger charge is 2.02. The minimum absolute atomic E-state index is 0.564. The van der Waals surface area contributed by atoms with Gasteiger partial charge in [0.1, 0.15) is 12.4 Å². The van der Waals surface area contributed by atoms with Gasteiger partial charge in [-0.1, -0.05) is 30.3 Å². The summed E-state index contributed by atoms with van der Waals surface area (Å²) in [6.45, 7) is 0.564. The van der Waals surface area contributed by atoms with Gasteiger partial charge in [0.05, 0.1) is 22.4 Å². The van der Waals surface area contributed by atoms with Gasteiger partial charge in [-0.3, -0.25) is 0 Å². The number of ether oxygens (including phenoxy) is 1. The molecule has 0 aliphatic heterocycles. The van der Waals surface area contributed by atoms with E-state index in [1.54, 1.807) is 10.7 Å². The largest absolute Gasteiger partial charge is 0.487 e. The smallest absolute Gasteiger partial charge is 0.138 e. The first-order chi connectivity index (χ1) is 8.83. The molecule has 3 aromatic rings. The normalized spacial score (nSPS) is 10.7. The summed E-state index contributed by atoms with van der Waals surface area (Å²) in [7, 11) is 0. The molecule has 0 saturated heterocycles. The third-order valence-corrected chi connectivity index (χ3v) is 3.30. The fraction of sp³-hybridized carbons (Fsp3) is 0.0714. The molecule has 2 heterocycles. The zero-order valence-corrected chi connectivity index (χ0v) is 11.2. The summed E-state index contributed by atoms with van der Waals surface area (Å²) in [6, 6.07) is 14.0. The molecule has 0 spiro atoms. The average molecular weight is 303 g/mol. The Morgan fingerprint density at radius 1 is 1.11 bits per heavy atom. The van der Waals surface area contributed by atoms with E-state index in [0.717, 1.165) is 21.3 Å². The van der Waals surface area contributed by atoms with Gasteiger partial charge in [0.15, 0.2) is 0 Å². The molecule has 0 bridgehead atoms. The Bertz CT molecular complexity index is 664. The maximum absolute atomic E-state index is 5.73. The Kier molecular flexibility index (Phi) is 3.02.